The van der Waals surface area contributed by atoms with Gasteiger partial charge < -0.3 is 34.2 Å². The highest BCUT2D eigenvalue weighted by atomic mass is 32.2. The highest BCUT2D eigenvalue weighted by molar-refractivity contribution is 8.01. The van der Waals surface area contributed by atoms with E-state index in [1.165, 1.54) is 32.5 Å². The number of hydrogen-bond acceptors (Lipinski definition) is 16. The Balaban J connectivity index is 1.02. The van der Waals surface area contributed by atoms with E-state index in [9.17, 15) is 37.3 Å². The van der Waals surface area contributed by atoms with Gasteiger partial charge in [0.1, 0.15) is 47.7 Å². The first-order chi connectivity index (χ1) is 36.3. The van der Waals surface area contributed by atoms with Gasteiger partial charge in [0, 0.05) is 22.1 Å². The Morgan fingerprint density at radius 1 is 0.880 bits per heavy atom. The van der Waals surface area contributed by atoms with Gasteiger partial charge in [0.05, 0.1) is 22.6 Å². The van der Waals surface area contributed by atoms with Crippen LogP contribution in [0.25, 0.3) is 10.1 Å². The van der Waals surface area contributed by atoms with E-state index >= 15 is 4.39 Å². The van der Waals surface area contributed by atoms with Gasteiger partial charge in [0.15, 0.2) is 34.3 Å². The summed E-state index contributed by atoms with van der Waals surface area (Å²) in [6.45, 7) is 1.01. The molecular weight excluding hydrogens is 1050 g/mol. The molecule has 0 radical (unpaired) electrons. The van der Waals surface area contributed by atoms with Crippen LogP contribution in [-0.4, -0.2) is 87.6 Å². The second-order valence-corrected chi connectivity index (χ2v) is 21.2. The van der Waals surface area contributed by atoms with Gasteiger partial charge in [-0.05, 0) is 58.6 Å². The number of nitrogens with zero attached hydrogens (tertiary/aromatic N) is 3. The number of benzene rings is 5. The monoisotopic (exact) mass is 1090 g/mol. The van der Waals surface area contributed by atoms with E-state index in [2.05, 4.69) is 15.8 Å². The molecular formula is C53H42F3N5O10S4. The average molecular weight is 1090 g/mol. The molecule has 2 amide bonds. The van der Waals surface area contributed by atoms with Gasteiger partial charge in [0.25, 0.3) is 11.8 Å². The topological polar surface area (TPSA) is 198 Å². The van der Waals surface area contributed by atoms with Crippen LogP contribution in [0.15, 0.2) is 152 Å². The summed E-state index contributed by atoms with van der Waals surface area (Å²) in [6.07, 6.45) is 0. The molecule has 0 spiro atoms. The van der Waals surface area contributed by atoms with E-state index in [1.807, 2.05) is 91.0 Å². The first-order valence-corrected chi connectivity index (χ1v) is 26.8. The van der Waals surface area contributed by atoms with Crippen molar-refractivity contribution in [3.63, 3.8) is 0 Å². The summed E-state index contributed by atoms with van der Waals surface area (Å²) in [6, 6.07) is 34.9. The van der Waals surface area contributed by atoms with Crippen molar-refractivity contribution >= 4 is 90.3 Å². The van der Waals surface area contributed by atoms with Crippen molar-refractivity contribution in [1.82, 2.24) is 15.2 Å². The fourth-order valence-electron chi connectivity index (χ4n) is 8.63. The molecule has 0 bridgehead atoms. The molecule has 1 saturated heterocycles. The number of fused-ring (bicyclic) bond motifs is 2. The molecule has 0 aliphatic carbocycles. The van der Waals surface area contributed by atoms with Crippen LogP contribution in [0.4, 0.5) is 18.3 Å². The molecule has 2 unspecified atom stereocenters. The molecule has 5 aromatic carbocycles. The van der Waals surface area contributed by atoms with Crippen LogP contribution in [0.3, 0.4) is 0 Å². The van der Waals surface area contributed by atoms with E-state index in [0.29, 0.717) is 33.8 Å². The average Bonchev–Trinajstić information content (AvgIpc) is 3.90. The first-order valence-electron chi connectivity index (χ1n) is 22.8. The number of thioether (sulfide) groups is 1. The molecule has 22 heteroatoms. The SMILES string of the molecule is CCOC(=O)c1c(SCC2=C(C(=O)OCc3ccc(OC)cc3)N3C(=O)C(NC(=O)/C(=N\OC)c4csc(NC(c5ccccc5)(c5ccccc5)c5ccccc5)n4)[C@@H]3[S+]([O-])C2)sc2c(F)c(F)c(F)cc2c1=O. The van der Waals surface area contributed by atoms with Gasteiger partial charge in [-0.15, -0.1) is 34.4 Å². The zero-order valence-electron chi connectivity index (χ0n) is 39.8. The molecule has 15 nitrogen and oxygen atoms in total. The smallest absolute Gasteiger partial charge is 0.355 e. The zero-order valence-corrected chi connectivity index (χ0v) is 43.1. The number of rotatable bonds is 18. The number of carbonyl (C=O) groups excluding carboxylic acids is 4. The number of esters is 2. The number of nitrogens with one attached hydrogen (secondary N) is 2. The number of methoxy groups -OCH3 is 1. The summed E-state index contributed by atoms with van der Waals surface area (Å²) in [7, 11) is 2.71. The quantitative estimate of drug-likeness (QED) is 0.0122. The molecule has 1 fully saturated rings. The van der Waals surface area contributed by atoms with Crippen LogP contribution < -0.4 is 20.8 Å². The lowest BCUT2D eigenvalue weighted by Gasteiger charge is -2.49. The number of halogens is 3. The Bertz CT molecular complexity index is 3340. The van der Waals surface area contributed by atoms with Gasteiger partial charge in [-0.1, -0.05) is 108 Å². The number of β-lactam (4-membered cyclic amide) rings is 1. The third-order valence-electron chi connectivity index (χ3n) is 12.1. The van der Waals surface area contributed by atoms with Crippen molar-refractivity contribution in [2.24, 2.45) is 5.16 Å². The lowest BCUT2D eigenvalue weighted by Crippen LogP contribution is -2.75. The standard InChI is InChI=1S/C53H42F3N5O10S4/c1-4-70-49(65)38-44(62)35-24-36(54)39(55)40(56)45(35)74-51(38)72-26-30-28-75(67)48-42(47(64)61(48)43(30)50(66)71-25-29-20-22-34(68-2)23-21-29)58-46(63)41(60-69-3)37-27-73-52(57-37)59-53(31-14-8-5-9-15-31,32-16-10-6-11-17-32)33-18-12-7-13-19-33/h5-24,27,42,48H,4,25-26,28H2,1-3H3,(H,57,59)(H,58,63)/b60-41-/t42?,48-,75?/m0/s1. The first kappa shape index (κ1) is 52.4. The van der Waals surface area contributed by atoms with Crippen LogP contribution in [-0.2, 0) is 52.0 Å². The Morgan fingerprint density at radius 3 is 2.09 bits per heavy atom. The number of anilines is 1. The van der Waals surface area contributed by atoms with Crippen LogP contribution in [0.5, 0.6) is 5.75 Å². The minimum Gasteiger partial charge on any atom is -0.614 e. The van der Waals surface area contributed by atoms with Crippen LogP contribution in [0.1, 0.15) is 45.2 Å². The molecule has 2 N–H and O–H groups in total. The summed E-state index contributed by atoms with van der Waals surface area (Å²) in [5.74, 6) is -9.26. The van der Waals surface area contributed by atoms with Crippen molar-refractivity contribution in [2.75, 3.05) is 37.6 Å². The third-order valence-corrected chi connectivity index (χ3v) is 17.1. The molecule has 2 aliphatic heterocycles. The van der Waals surface area contributed by atoms with E-state index in [1.54, 1.807) is 29.6 Å². The lowest BCUT2D eigenvalue weighted by atomic mass is 9.77. The van der Waals surface area contributed by atoms with Gasteiger partial charge in [-0.2, -0.15) is 0 Å². The largest absolute Gasteiger partial charge is 0.614 e. The van der Waals surface area contributed by atoms with Gasteiger partial charge in [-0.25, -0.2) is 27.7 Å². The highest BCUT2D eigenvalue weighted by Gasteiger charge is 2.61. The molecule has 2 aromatic heterocycles. The second-order valence-electron chi connectivity index (χ2n) is 16.6. The summed E-state index contributed by atoms with van der Waals surface area (Å²) >= 11 is 0.334. The Kier molecular flexibility index (Phi) is 15.7. The molecule has 75 heavy (non-hydrogen) atoms. The fourth-order valence-corrected chi connectivity index (χ4v) is 13.6. The van der Waals surface area contributed by atoms with E-state index in [0.717, 1.165) is 33.4 Å². The Labute approximate surface area is 441 Å². The molecule has 0 saturated carbocycles. The summed E-state index contributed by atoms with van der Waals surface area (Å²) in [5, 5.41) is 10.3. The van der Waals surface area contributed by atoms with Gasteiger partial charge in [-0.3, -0.25) is 19.3 Å². The molecule has 384 valence electrons. The third kappa shape index (κ3) is 10.2. The summed E-state index contributed by atoms with van der Waals surface area (Å²) < 4.78 is 73.6. The molecule has 2 aliphatic rings. The lowest BCUT2D eigenvalue weighted by molar-refractivity contribution is -0.153. The maximum absolute atomic E-state index is 15.2. The normalized spacial score (nSPS) is 16.5. The summed E-state index contributed by atoms with van der Waals surface area (Å²) in [5.41, 5.74) is -0.0142. The van der Waals surface area contributed by atoms with E-state index in [-0.39, 0.29) is 45.9 Å². The fraction of sp³-hybridized carbons (Fsp3) is 0.189. The van der Waals surface area contributed by atoms with Crippen molar-refractivity contribution in [3.8, 4) is 5.75 Å². The minimum absolute atomic E-state index is 0.0504. The predicted molar refractivity (Wildman–Crippen MR) is 279 cm³/mol. The Hall–Kier alpha value is -7.50. The van der Waals surface area contributed by atoms with Crippen LogP contribution >= 0.6 is 34.4 Å². The molecule has 4 heterocycles. The highest BCUT2D eigenvalue weighted by Crippen LogP contribution is 2.43. The second kappa shape index (κ2) is 22.5. The van der Waals surface area contributed by atoms with Crippen molar-refractivity contribution in [2.45, 2.75) is 34.7 Å². The van der Waals surface area contributed by atoms with E-state index < -0.39 is 96.2 Å². The number of ether oxygens (including phenoxy) is 3. The number of aromatic nitrogens is 1. The zero-order chi connectivity index (χ0) is 53.0. The van der Waals surface area contributed by atoms with Gasteiger partial charge >= 0.3 is 11.9 Å². The van der Waals surface area contributed by atoms with Gasteiger partial charge in [0.2, 0.25) is 10.8 Å². The van der Waals surface area contributed by atoms with Crippen molar-refractivity contribution < 1.29 is 56.0 Å². The van der Waals surface area contributed by atoms with E-state index in [4.69, 9.17) is 24.0 Å². The van der Waals surface area contributed by atoms with Crippen LogP contribution in [0.2, 0.25) is 0 Å². The molecule has 3 atom stereocenters. The van der Waals surface area contributed by atoms with Crippen LogP contribution in [0, 0.1) is 17.5 Å². The van der Waals surface area contributed by atoms with Crippen molar-refractivity contribution in [1.29, 1.82) is 0 Å². The maximum Gasteiger partial charge on any atom is 0.355 e. The minimum atomic E-state index is -2.04. The summed E-state index contributed by atoms with van der Waals surface area (Å²) in [4.78, 5) is 80.6. The maximum atomic E-state index is 15.2. The number of oxime groups is 1. The number of amides is 2. The molecule has 7 aromatic rings. The Morgan fingerprint density at radius 2 is 1.51 bits per heavy atom. The van der Waals surface area contributed by atoms with Crippen molar-refractivity contribution in [3.05, 3.63) is 199 Å². The predicted octanol–water partition coefficient (Wildman–Crippen LogP) is 8.28. The number of carbonyl (C=O) groups is 4. The number of hydrogen-bond donors (Lipinski definition) is 2. The number of thiazole rings is 1. The molecule has 9 rings (SSSR count).